The summed E-state index contributed by atoms with van der Waals surface area (Å²) < 4.78 is 0. The standard InChI is InChI=1S/C23H16NSi/c24-17-18-13-15-21(16-14-18)25(20-9-2-1-3-10-20)23-12-6-8-19-7-4-5-11-22(19)23/h1-16H. The number of hydrogen-bond acceptors (Lipinski definition) is 1. The fourth-order valence-corrected chi connectivity index (χ4v) is 5.98. The van der Waals surface area contributed by atoms with Crippen LogP contribution in [-0.4, -0.2) is 8.80 Å². The summed E-state index contributed by atoms with van der Waals surface area (Å²) in [5.41, 5.74) is 0.705. The van der Waals surface area contributed by atoms with E-state index in [2.05, 4.69) is 91.0 Å². The second kappa shape index (κ2) is 6.76. The zero-order chi connectivity index (χ0) is 17.1. The van der Waals surface area contributed by atoms with Gasteiger partial charge in [-0.05, 0) is 28.1 Å². The highest BCUT2D eigenvalue weighted by Gasteiger charge is 2.21. The first-order chi connectivity index (χ1) is 12.4. The lowest BCUT2D eigenvalue weighted by Gasteiger charge is -2.19. The highest BCUT2D eigenvalue weighted by atomic mass is 28.3. The average molecular weight is 334 g/mol. The van der Waals surface area contributed by atoms with Crippen molar-refractivity contribution in [3.05, 3.63) is 103 Å². The first-order valence-electron chi connectivity index (χ1n) is 8.28. The Morgan fingerprint density at radius 2 is 1.24 bits per heavy atom. The van der Waals surface area contributed by atoms with Crippen molar-refractivity contribution in [1.29, 1.82) is 5.26 Å². The second-order valence-electron chi connectivity index (χ2n) is 5.96. The summed E-state index contributed by atoms with van der Waals surface area (Å²) in [5.74, 6) is 0. The second-order valence-corrected chi connectivity index (χ2v) is 8.40. The number of rotatable bonds is 3. The van der Waals surface area contributed by atoms with Gasteiger partial charge in [-0.3, -0.25) is 0 Å². The molecule has 0 bridgehead atoms. The molecular formula is C23H16NSi. The van der Waals surface area contributed by atoms with E-state index in [-0.39, 0.29) is 0 Å². The molecule has 0 fully saturated rings. The molecule has 0 spiro atoms. The predicted molar refractivity (Wildman–Crippen MR) is 106 cm³/mol. The zero-order valence-electron chi connectivity index (χ0n) is 13.7. The third-order valence-electron chi connectivity index (χ3n) is 4.42. The van der Waals surface area contributed by atoms with Gasteiger partial charge < -0.3 is 0 Å². The van der Waals surface area contributed by atoms with E-state index in [1.165, 1.54) is 26.3 Å². The summed E-state index contributed by atoms with van der Waals surface area (Å²) in [5, 5.41) is 15.7. The number of hydrogen-bond donors (Lipinski definition) is 0. The lowest BCUT2D eigenvalue weighted by Crippen LogP contribution is -2.52. The molecule has 4 aromatic carbocycles. The molecule has 0 aliphatic heterocycles. The number of nitriles is 1. The van der Waals surface area contributed by atoms with E-state index in [9.17, 15) is 0 Å². The van der Waals surface area contributed by atoms with Crippen LogP contribution in [0.1, 0.15) is 5.56 Å². The fourth-order valence-electron chi connectivity index (χ4n) is 3.24. The SMILES string of the molecule is N#Cc1ccc([Si](c2ccccc2)c2cccc3ccccc23)cc1. The van der Waals surface area contributed by atoms with Crippen LogP contribution in [0.4, 0.5) is 0 Å². The summed E-state index contributed by atoms with van der Waals surface area (Å²) in [7, 11) is -1.14. The van der Waals surface area contributed by atoms with Crippen molar-refractivity contribution in [2.24, 2.45) is 0 Å². The zero-order valence-corrected chi connectivity index (χ0v) is 14.7. The minimum atomic E-state index is -1.14. The van der Waals surface area contributed by atoms with E-state index in [1.54, 1.807) is 0 Å². The lowest BCUT2D eigenvalue weighted by molar-refractivity contribution is 1.49. The first kappa shape index (κ1) is 15.4. The summed E-state index contributed by atoms with van der Waals surface area (Å²) in [6.07, 6.45) is 0. The fraction of sp³-hybridized carbons (Fsp3) is 0. The molecule has 0 saturated carbocycles. The summed E-state index contributed by atoms with van der Waals surface area (Å²) in [4.78, 5) is 0. The van der Waals surface area contributed by atoms with Crippen LogP contribution >= 0.6 is 0 Å². The van der Waals surface area contributed by atoms with Crippen molar-refractivity contribution in [1.82, 2.24) is 0 Å². The van der Waals surface area contributed by atoms with Crippen molar-refractivity contribution < 1.29 is 0 Å². The largest absolute Gasteiger partial charge is 0.192 e. The van der Waals surface area contributed by atoms with E-state index >= 15 is 0 Å². The summed E-state index contributed by atoms with van der Waals surface area (Å²) in [6, 6.07) is 36.1. The molecule has 0 atom stereocenters. The molecule has 1 nitrogen and oxygen atoms in total. The normalized spacial score (nSPS) is 10.7. The van der Waals surface area contributed by atoms with Crippen molar-refractivity contribution in [3.8, 4) is 6.07 Å². The van der Waals surface area contributed by atoms with Crippen LogP contribution in [0.15, 0.2) is 97.1 Å². The summed E-state index contributed by atoms with van der Waals surface area (Å²) in [6.45, 7) is 0. The van der Waals surface area contributed by atoms with Crippen LogP contribution in [-0.2, 0) is 0 Å². The molecule has 1 radical (unpaired) electrons. The molecule has 0 aliphatic carbocycles. The number of nitrogens with zero attached hydrogens (tertiary/aromatic N) is 1. The minimum Gasteiger partial charge on any atom is -0.192 e. The molecular weight excluding hydrogens is 318 g/mol. The van der Waals surface area contributed by atoms with Crippen LogP contribution < -0.4 is 15.6 Å². The predicted octanol–water partition coefficient (Wildman–Crippen LogP) is 3.23. The smallest absolute Gasteiger partial charge is 0.155 e. The average Bonchev–Trinajstić information content (AvgIpc) is 2.70. The Balaban J connectivity index is 1.95. The molecule has 2 heteroatoms. The van der Waals surface area contributed by atoms with Gasteiger partial charge in [-0.25, -0.2) is 0 Å². The molecule has 0 amide bonds. The van der Waals surface area contributed by atoms with Gasteiger partial charge in [-0.1, -0.05) is 95.3 Å². The lowest BCUT2D eigenvalue weighted by atomic mass is 10.1. The van der Waals surface area contributed by atoms with Crippen LogP contribution in [0, 0.1) is 11.3 Å². The Bertz CT molecular complexity index is 1040. The van der Waals surface area contributed by atoms with Crippen molar-refractivity contribution in [3.63, 3.8) is 0 Å². The van der Waals surface area contributed by atoms with Crippen LogP contribution in [0.5, 0.6) is 0 Å². The van der Waals surface area contributed by atoms with Gasteiger partial charge in [0.05, 0.1) is 11.6 Å². The maximum absolute atomic E-state index is 9.10. The van der Waals surface area contributed by atoms with Gasteiger partial charge in [-0.15, -0.1) is 0 Å². The Morgan fingerprint density at radius 3 is 2.00 bits per heavy atom. The van der Waals surface area contributed by atoms with Crippen molar-refractivity contribution in [2.45, 2.75) is 0 Å². The van der Waals surface area contributed by atoms with Gasteiger partial charge >= 0.3 is 0 Å². The number of fused-ring (bicyclic) bond motifs is 1. The third-order valence-corrected chi connectivity index (χ3v) is 7.22. The van der Waals surface area contributed by atoms with E-state index in [0.717, 1.165) is 0 Å². The highest BCUT2D eigenvalue weighted by Crippen LogP contribution is 2.12. The Kier molecular flexibility index (Phi) is 4.16. The van der Waals surface area contributed by atoms with E-state index in [4.69, 9.17) is 5.26 Å². The van der Waals surface area contributed by atoms with E-state index < -0.39 is 8.80 Å². The maximum Gasteiger partial charge on any atom is 0.155 e. The Hall–Kier alpha value is -3.15. The monoisotopic (exact) mass is 334 g/mol. The molecule has 0 heterocycles. The highest BCUT2D eigenvalue weighted by molar-refractivity contribution is 6.96. The van der Waals surface area contributed by atoms with Crippen molar-refractivity contribution in [2.75, 3.05) is 0 Å². The van der Waals surface area contributed by atoms with Crippen LogP contribution in [0.2, 0.25) is 0 Å². The molecule has 117 valence electrons. The molecule has 0 aromatic heterocycles. The van der Waals surface area contributed by atoms with Gasteiger partial charge in [0.2, 0.25) is 0 Å². The van der Waals surface area contributed by atoms with Gasteiger partial charge in [0, 0.05) is 0 Å². The van der Waals surface area contributed by atoms with Crippen molar-refractivity contribution >= 4 is 35.1 Å². The van der Waals surface area contributed by atoms with Crippen LogP contribution in [0.3, 0.4) is 0 Å². The molecule has 0 aliphatic rings. The van der Waals surface area contributed by atoms with Gasteiger partial charge in [0.15, 0.2) is 8.80 Å². The molecule has 25 heavy (non-hydrogen) atoms. The molecule has 0 saturated heterocycles. The van der Waals surface area contributed by atoms with Gasteiger partial charge in [-0.2, -0.15) is 5.26 Å². The van der Waals surface area contributed by atoms with Gasteiger partial charge in [0.25, 0.3) is 0 Å². The third kappa shape index (κ3) is 2.98. The van der Waals surface area contributed by atoms with Crippen LogP contribution in [0.25, 0.3) is 10.8 Å². The minimum absolute atomic E-state index is 0.705. The quantitative estimate of drug-likeness (QED) is 0.417. The Labute approximate surface area is 149 Å². The maximum atomic E-state index is 9.10. The topological polar surface area (TPSA) is 23.8 Å². The van der Waals surface area contributed by atoms with E-state index in [0.29, 0.717) is 5.56 Å². The van der Waals surface area contributed by atoms with E-state index in [1.807, 2.05) is 12.1 Å². The summed E-state index contributed by atoms with van der Waals surface area (Å²) >= 11 is 0. The molecule has 0 unspecified atom stereocenters. The molecule has 4 aromatic rings. The van der Waals surface area contributed by atoms with Gasteiger partial charge in [0.1, 0.15) is 0 Å². The number of benzene rings is 4. The first-order valence-corrected chi connectivity index (χ1v) is 9.78. The molecule has 0 N–H and O–H groups in total. The molecule has 4 rings (SSSR count). The Morgan fingerprint density at radius 1 is 0.600 bits per heavy atom.